The number of likely N-dealkylation sites (tertiary alicyclic amines) is 1. The lowest BCUT2D eigenvalue weighted by Gasteiger charge is -2.36. The van der Waals surface area contributed by atoms with Crippen LogP contribution in [0.5, 0.6) is 0 Å². The van der Waals surface area contributed by atoms with Crippen LogP contribution in [0.25, 0.3) is 0 Å². The Labute approximate surface area is 105 Å². The quantitative estimate of drug-likeness (QED) is 0.893. The molecule has 16 heavy (non-hydrogen) atoms. The predicted molar refractivity (Wildman–Crippen MR) is 69.5 cm³/mol. The molecule has 0 spiro atoms. The number of fused-ring (bicyclic) bond motifs is 1. The first-order valence-electron chi connectivity index (χ1n) is 6.04. The van der Waals surface area contributed by atoms with Crippen molar-refractivity contribution in [3.8, 4) is 0 Å². The van der Waals surface area contributed by atoms with Crippen molar-refractivity contribution in [1.82, 2.24) is 10.2 Å². The maximum absolute atomic E-state index is 3.64. The zero-order chi connectivity index (χ0) is 11.0. The van der Waals surface area contributed by atoms with Crippen molar-refractivity contribution in [2.45, 2.75) is 25.4 Å². The van der Waals surface area contributed by atoms with Gasteiger partial charge in [-0.15, -0.1) is 0 Å². The number of hydrogen-bond acceptors (Lipinski definition) is 2. The summed E-state index contributed by atoms with van der Waals surface area (Å²) in [5.74, 6) is 0. The molecular formula is C13H17BrN2. The van der Waals surface area contributed by atoms with Crippen molar-refractivity contribution in [2.75, 3.05) is 19.6 Å². The van der Waals surface area contributed by atoms with E-state index in [2.05, 4.69) is 44.3 Å². The molecule has 2 aliphatic heterocycles. The van der Waals surface area contributed by atoms with E-state index >= 15 is 0 Å². The molecule has 2 nitrogen and oxygen atoms in total. The van der Waals surface area contributed by atoms with E-state index in [0.717, 1.165) is 6.54 Å². The van der Waals surface area contributed by atoms with Crippen LogP contribution < -0.4 is 5.32 Å². The molecule has 1 saturated heterocycles. The average Bonchev–Trinajstić information content (AvgIpc) is 2.23. The van der Waals surface area contributed by atoms with E-state index in [-0.39, 0.29) is 0 Å². The second-order valence-electron chi connectivity index (χ2n) is 4.85. The van der Waals surface area contributed by atoms with Crippen molar-refractivity contribution >= 4 is 15.9 Å². The average molecular weight is 281 g/mol. The van der Waals surface area contributed by atoms with E-state index in [1.165, 1.54) is 48.1 Å². The molecule has 0 radical (unpaired) electrons. The van der Waals surface area contributed by atoms with Crippen LogP contribution in [0.2, 0.25) is 0 Å². The third-order valence-electron chi connectivity index (χ3n) is 3.64. The molecule has 3 rings (SSSR count). The van der Waals surface area contributed by atoms with Gasteiger partial charge in [-0.1, -0.05) is 22.0 Å². The molecule has 0 saturated carbocycles. The van der Waals surface area contributed by atoms with Crippen molar-refractivity contribution in [3.63, 3.8) is 0 Å². The van der Waals surface area contributed by atoms with Gasteiger partial charge in [-0.2, -0.15) is 0 Å². The Hall–Kier alpha value is -0.380. The number of halogens is 1. The van der Waals surface area contributed by atoms with Crippen molar-refractivity contribution in [2.24, 2.45) is 0 Å². The molecule has 1 aromatic carbocycles. The van der Waals surface area contributed by atoms with E-state index in [9.17, 15) is 0 Å². The first kappa shape index (κ1) is 10.8. The predicted octanol–water partition coefficient (Wildman–Crippen LogP) is 2.17. The van der Waals surface area contributed by atoms with Crippen LogP contribution in [-0.4, -0.2) is 30.6 Å². The summed E-state index contributed by atoms with van der Waals surface area (Å²) in [5.41, 5.74) is 2.97. The third kappa shape index (κ3) is 2.17. The molecule has 1 fully saturated rings. The Balaban J connectivity index is 1.68. The molecular weight excluding hydrogens is 264 g/mol. The fourth-order valence-corrected chi connectivity index (χ4v) is 2.96. The van der Waals surface area contributed by atoms with Gasteiger partial charge in [0.05, 0.1) is 0 Å². The minimum absolute atomic E-state index is 0.647. The van der Waals surface area contributed by atoms with E-state index in [1.807, 2.05) is 0 Å². The first-order valence-corrected chi connectivity index (χ1v) is 6.83. The minimum Gasteiger partial charge on any atom is -0.308 e. The molecule has 2 aliphatic rings. The summed E-state index contributed by atoms with van der Waals surface area (Å²) in [7, 11) is 0. The van der Waals surface area contributed by atoms with Crippen LogP contribution in [-0.2, 0) is 13.0 Å². The van der Waals surface area contributed by atoms with Gasteiger partial charge in [0, 0.05) is 23.6 Å². The van der Waals surface area contributed by atoms with Crippen molar-refractivity contribution in [3.05, 3.63) is 33.8 Å². The van der Waals surface area contributed by atoms with Crippen LogP contribution in [0.1, 0.15) is 17.5 Å². The van der Waals surface area contributed by atoms with Crippen LogP contribution >= 0.6 is 15.9 Å². The number of rotatable bonds is 2. The standard InChI is InChI=1S/C13H17BrN2/c14-12-3-2-10-7-13(9-16-4-1-5-16)15-8-11(10)6-12/h2-3,6,13,15H,1,4-5,7-9H2. The van der Waals surface area contributed by atoms with Crippen molar-refractivity contribution in [1.29, 1.82) is 0 Å². The molecule has 2 heterocycles. The smallest absolute Gasteiger partial charge is 0.0238 e. The first-order chi connectivity index (χ1) is 7.81. The van der Waals surface area contributed by atoms with E-state index < -0.39 is 0 Å². The number of benzene rings is 1. The highest BCUT2D eigenvalue weighted by Gasteiger charge is 2.22. The molecule has 1 aromatic rings. The highest BCUT2D eigenvalue weighted by Crippen LogP contribution is 2.22. The normalized spacial score (nSPS) is 24.9. The Morgan fingerprint density at radius 3 is 2.94 bits per heavy atom. The SMILES string of the molecule is Brc1ccc2c(c1)CNC(CN1CCC1)C2. The summed E-state index contributed by atoms with van der Waals surface area (Å²) in [4.78, 5) is 2.54. The van der Waals surface area contributed by atoms with Gasteiger partial charge in [0.25, 0.3) is 0 Å². The topological polar surface area (TPSA) is 15.3 Å². The molecule has 0 aromatic heterocycles. The Kier molecular flexibility index (Phi) is 3.01. The molecule has 1 N–H and O–H groups in total. The lowest BCUT2D eigenvalue weighted by Crippen LogP contribution is -2.49. The monoisotopic (exact) mass is 280 g/mol. The number of nitrogens with zero attached hydrogens (tertiary/aromatic N) is 1. The van der Waals surface area contributed by atoms with Gasteiger partial charge in [-0.05, 0) is 49.2 Å². The second-order valence-corrected chi connectivity index (χ2v) is 5.76. The second kappa shape index (κ2) is 4.47. The maximum atomic E-state index is 3.64. The summed E-state index contributed by atoms with van der Waals surface area (Å²) in [6.07, 6.45) is 2.56. The van der Waals surface area contributed by atoms with Gasteiger partial charge >= 0.3 is 0 Å². The molecule has 3 heteroatoms. The van der Waals surface area contributed by atoms with Gasteiger partial charge in [-0.25, -0.2) is 0 Å². The fourth-order valence-electron chi connectivity index (χ4n) is 2.56. The molecule has 86 valence electrons. The van der Waals surface area contributed by atoms with Gasteiger partial charge < -0.3 is 10.2 Å². The maximum Gasteiger partial charge on any atom is 0.0238 e. The molecule has 1 atom stereocenters. The summed E-state index contributed by atoms with van der Waals surface area (Å²) in [6, 6.07) is 7.31. The number of nitrogens with one attached hydrogen (secondary N) is 1. The Morgan fingerprint density at radius 1 is 1.31 bits per heavy atom. The summed E-state index contributed by atoms with van der Waals surface area (Å²) < 4.78 is 1.19. The summed E-state index contributed by atoms with van der Waals surface area (Å²) in [5, 5.41) is 3.64. The van der Waals surface area contributed by atoms with Crippen LogP contribution in [0, 0.1) is 0 Å². The van der Waals surface area contributed by atoms with Crippen LogP contribution in [0.3, 0.4) is 0 Å². The van der Waals surface area contributed by atoms with Crippen LogP contribution in [0.4, 0.5) is 0 Å². The Bertz CT molecular complexity index is 388. The van der Waals surface area contributed by atoms with Crippen molar-refractivity contribution < 1.29 is 0 Å². The summed E-state index contributed by atoms with van der Waals surface area (Å²) >= 11 is 3.53. The molecule has 0 bridgehead atoms. The van der Waals surface area contributed by atoms with Gasteiger partial charge in [0.2, 0.25) is 0 Å². The zero-order valence-electron chi connectivity index (χ0n) is 9.38. The Morgan fingerprint density at radius 2 is 2.19 bits per heavy atom. The largest absolute Gasteiger partial charge is 0.308 e. The lowest BCUT2D eigenvalue weighted by atomic mass is 9.95. The van der Waals surface area contributed by atoms with Gasteiger partial charge in [0.15, 0.2) is 0 Å². The molecule has 0 amide bonds. The van der Waals surface area contributed by atoms with Gasteiger partial charge in [0.1, 0.15) is 0 Å². The summed E-state index contributed by atoms with van der Waals surface area (Å²) in [6.45, 7) is 4.83. The fraction of sp³-hybridized carbons (Fsp3) is 0.538. The third-order valence-corrected chi connectivity index (χ3v) is 4.14. The zero-order valence-corrected chi connectivity index (χ0v) is 11.0. The minimum atomic E-state index is 0.647. The highest BCUT2D eigenvalue weighted by atomic mass is 79.9. The van der Waals surface area contributed by atoms with Gasteiger partial charge in [-0.3, -0.25) is 0 Å². The van der Waals surface area contributed by atoms with Crippen LogP contribution in [0.15, 0.2) is 22.7 Å². The van der Waals surface area contributed by atoms with E-state index in [0.29, 0.717) is 6.04 Å². The highest BCUT2D eigenvalue weighted by molar-refractivity contribution is 9.10. The van der Waals surface area contributed by atoms with E-state index in [4.69, 9.17) is 0 Å². The lowest BCUT2D eigenvalue weighted by molar-refractivity contribution is 0.158. The van der Waals surface area contributed by atoms with E-state index in [1.54, 1.807) is 0 Å². The number of hydrogen-bond donors (Lipinski definition) is 1. The molecule has 0 aliphatic carbocycles. The molecule has 1 unspecified atom stereocenters.